The van der Waals surface area contributed by atoms with E-state index in [-0.39, 0.29) is 42.9 Å². The number of hydrogen-bond donors (Lipinski definition) is 0. The van der Waals surface area contributed by atoms with Crippen LogP contribution in [0.2, 0.25) is 0 Å². The van der Waals surface area contributed by atoms with Crippen molar-refractivity contribution in [3.05, 3.63) is 277 Å². The molecule has 11 aromatic carbocycles. The van der Waals surface area contributed by atoms with Crippen molar-refractivity contribution < 1.29 is 0 Å². The van der Waals surface area contributed by atoms with Gasteiger partial charge in [0.05, 0.1) is 0 Å². The Morgan fingerprint density at radius 1 is 0.348 bits per heavy atom. The van der Waals surface area contributed by atoms with Crippen LogP contribution in [-0.2, 0) is 21.7 Å². The van der Waals surface area contributed by atoms with Crippen molar-refractivity contribution in [1.82, 2.24) is 0 Å². The van der Waals surface area contributed by atoms with Crippen molar-refractivity contribution in [3.63, 3.8) is 0 Å². The third kappa shape index (κ3) is 10.5. The monoisotopic (exact) mass is 1220 g/mol. The molecule has 0 radical (unpaired) electrons. The van der Waals surface area contributed by atoms with Gasteiger partial charge in [0.25, 0.3) is 0 Å². The quantitative estimate of drug-likeness (QED) is 0.133. The van der Waals surface area contributed by atoms with Crippen molar-refractivity contribution in [3.8, 4) is 44.5 Å². The van der Waals surface area contributed by atoms with Crippen LogP contribution in [0.1, 0.15) is 105 Å². The molecule has 0 saturated carbocycles. The van der Waals surface area contributed by atoms with Gasteiger partial charge in [0, 0.05) is 0 Å². The summed E-state index contributed by atoms with van der Waals surface area (Å²) in [6.45, 7) is 27.8. The summed E-state index contributed by atoms with van der Waals surface area (Å²) in [5.41, 5.74) is 27.8. The first kappa shape index (κ1) is 57.9. The number of anilines is 9. The Hall–Kier alpha value is -8.86. The van der Waals surface area contributed by atoms with Crippen molar-refractivity contribution in [2.24, 2.45) is 0 Å². The van der Waals surface area contributed by atoms with Crippen molar-refractivity contribution in [2.45, 2.75) is 105 Å². The third-order valence-electron chi connectivity index (χ3n) is 18.5. The Morgan fingerprint density at radius 2 is 0.787 bits per heavy atom. The van der Waals surface area contributed by atoms with E-state index in [4.69, 9.17) is 0 Å². The van der Waals surface area contributed by atoms with Gasteiger partial charge in [0.1, 0.15) is 0 Å². The van der Waals surface area contributed by atoms with Crippen LogP contribution in [0, 0.1) is 0 Å². The van der Waals surface area contributed by atoms with Crippen LogP contribution in [0.3, 0.4) is 0 Å². The predicted octanol–water partition coefficient (Wildman–Crippen LogP) is 21.3. The molecule has 0 atom stereocenters. The van der Waals surface area contributed by atoms with Gasteiger partial charge in [-0.05, 0) is 0 Å². The zero-order valence-corrected chi connectivity index (χ0v) is 55.3. The molecule has 0 amide bonds. The molecule has 0 saturated heterocycles. The van der Waals surface area contributed by atoms with Crippen LogP contribution in [0.25, 0.3) is 54.2 Å². The van der Waals surface area contributed by atoms with E-state index in [2.05, 4.69) is 353 Å². The van der Waals surface area contributed by atoms with E-state index in [1.165, 1.54) is 115 Å². The molecule has 12 aromatic rings. The van der Waals surface area contributed by atoms with Crippen LogP contribution in [0.5, 0.6) is 0 Å². The molecular formula is C84H78BN3Se. The second-order valence-electron chi connectivity index (χ2n) is 28.6. The molecule has 0 unspecified atom stereocenters. The molecule has 2 aliphatic rings. The molecule has 5 heteroatoms. The van der Waals surface area contributed by atoms with Crippen LogP contribution >= 0.6 is 0 Å². The Kier molecular flexibility index (Phi) is 14.3. The molecule has 0 N–H and O–H groups in total. The van der Waals surface area contributed by atoms with E-state index < -0.39 is 0 Å². The standard InChI is InChI=1S/C84H78BN3Se/c1-81(2,3)59-35-42-63(43-36-59)86(72-34-23-22-31-67(72)55-25-16-13-17-26-55)66-48-49-71-73(54-66)87(64-44-37-60(38-45-64)82(4,5)6)74-51-58(77-68(56-27-18-14-19-28-56)32-24-33-69(77)57-29-20-15-21-30-57)52-75-78(74)85(71)80-79(70-53-62(84(10,11)12)41-50-76(70)89-80)88(75)65-46-39-61(40-47-65)83(7,8)9/h13-54H,1-12H3. The fourth-order valence-electron chi connectivity index (χ4n) is 13.6. The third-order valence-corrected chi connectivity index (χ3v) is 21.1. The summed E-state index contributed by atoms with van der Waals surface area (Å²) in [5, 5.41) is 1.35. The molecule has 0 spiro atoms. The topological polar surface area (TPSA) is 9.72 Å². The molecule has 89 heavy (non-hydrogen) atoms. The number of fused-ring (bicyclic) bond motifs is 6. The van der Waals surface area contributed by atoms with Gasteiger partial charge in [0.2, 0.25) is 0 Å². The van der Waals surface area contributed by atoms with Crippen molar-refractivity contribution >= 4 is 97.3 Å². The number of rotatable bonds is 9. The molecule has 0 fully saturated rings. The first-order valence-electron chi connectivity index (χ1n) is 31.7. The predicted molar refractivity (Wildman–Crippen MR) is 386 cm³/mol. The molecule has 3 nitrogen and oxygen atoms in total. The SMILES string of the molecule is CC(C)(C)c1ccc(N(c2ccc3c(c2)N(c2ccc(C(C)(C)C)cc2)c2cc(-c4c(-c5ccccc5)cccc4-c4ccccc4)cc4c2B3c2[se]c3ccc(C(C)(C)C)cc3c2N4c2ccc(C(C)(C)C)cc2)c2ccccc2-c2ccccc2)cc1. The minimum atomic E-state index is -0.0542. The van der Waals surface area contributed by atoms with E-state index in [1.807, 2.05) is 0 Å². The van der Waals surface area contributed by atoms with Crippen LogP contribution in [0.15, 0.2) is 255 Å². The van der Waals surface area contributed by atoms with Crippen LogP contribution in [0.4, 0.5) is 51.2 Å². The van der Waals surface area contributed by atoms with Gasteiger partial charge in [-0.25, -0.2) is 0 Å². The van der Waals surface area contributed by atoms with Gasteiger partial charge >= 0.3 is 511 Å². The minimum absolute atomic E-state index is 0.00864. The van der Waals surface area contributed by atoms with Crippen molar-refractivity contribution in [1.29, 1.82) is 0 Å². The molecule has 438 valence electrons. The summed E-state index contributed by atoms with van der Waals surface area (Å²) in [4.78, 5) is 7.84. The summed E-state index contributed by atoms with van der Waals surface area (Å²) in [6, 6.07) is 97.2. The zero-order valence-electron chi connectivity index (χ0n) is 53.6. The summed E-state index contributed by atoms with van der Waals surface area (Å²) in [7, 11) is 0. The summed E-state index contributed by atoms with van der Waals surface area (Å²) >= 11 is -0.00864. The molecule has 0 aliphatic carbocycles. The van der Waals surface area contributed by atoms with Crippen molar-refractivity contribution in [2.75, 3.05) is 14.7 Å². The average Bonchev–Trinajstić information content (AvgIpc) is 1.67. The van der Waals surface area contributed by atoms with Crippen LogP contribution in [-0.4, -0.2) is 21.2 Å². The van der Waals surface area contributed by atoms with Gasteiger partial charge in [-0.1, -0.05) is 26.8 Å². The summed E-state index contributed by atoms with van der Waals surface area (Å²) in [5.74, 6) is 0. The Morgan fingerprint density at radius 3 is 1.31 bits per heavy atom. The van der Waals surface area contributed by atoms with E-state index in [0.717, 1.165) is 28.3 Å². The summed E-state index contributed by atoms with van der Waals surface area (Å²) in [6.07, 6.45) is 0. The molecule has 3 heterocycles. The second-order valence-corrected chi connectivity index (χ2v) is 30.9. The Balaban J connectivity index is 1.13. The van der Waals surface area contributed by atoms with E-state index >= 15 is 0 Å². The number of para-hydroxylation sites is 1. The first-order valence-corrected chi connectivity index (χ1v) is 33.4. The zero-order chi connectivity index (χ0) is 61.7. The molecular weight excluding hydrogens is 1140 g/mol. The molecule has 2 aliphatic heterocycles. The average molecular weight is 1220 g/mol. The van der Waals surface area contributed by atoms with Crippen LogP contribution < -0.4 is 30.0 Å². The number of nitrogens with zero attached hydrogens (tertiary/aromatic N) is 3. The fraction of sp³-hybridized carbons (Fsp3) is 0.190. The van der Waals surface area contributed by atoms with Gasteiger partial charge in [-0.2, -0.15) is 0 Å². The number of hydrogen-bond acceptors (Lipinski definition) is 3. The second kappa shape index (κ2) is 22.0. The first-order chi connectivity index (χ1) is 42.7. The van der Waals surface area contributed by atoms with Gasteiger partial charge in [-0.15, -0.1) is 0 Å². The molecule has 1 aromatic heterocycles. The molecule has 14 rings (SSSR count). The number of benzene rings is 11. The maximum absolute atomic E-state index is 2.69. The normalized spacial score (nSPS) is 13.1. The molecule has 0 bridgehead atoms. The Bertz CT molecular complexity index is 4560. The van der Waals surface area contributed by atoms with E-state index in [1.54, 1.807) is 0 Å². The van der Waals surface area contributed by atoms with Gasteiger partial charge < -0.3 is 0 Å². The summed E-state index contributed by atoms with van der Waals surface area (Å²) < 4.78 is 2.93. The van der Waals surface area contributed by atoms with E-state index in [0.29, 0.717) is 0 Å². The van der Waals surface area contributed by atoms with Gasteiger partial charge in [0.15, 0.2) is 0 Å². The Labute approximate surface area is 534 Å². The van der Waals surface area contributed by atoms with E-state index in [9.17, 15) is 0 Å². The maximum atomic E-state index is 2.69. The fourth-order valence-corrected chi connectivity index (χ4v) is 16.4. The van der Waals surface area contributed by atoms with Gasteiger partial charge in [-0.3, -0.25) is 0 Å².